The molecule has 0 spiro atoms. The number of hydrogen-bond acceptors (Lipinski definition) is 2. The van der Waals surface area contributed by atoms with E-state index in [4.69, 9.17) is 0 Å². The molecule has 1 saturated carbocycles. The molecule has 1 aromatic carbocycles. The summed E-state index contributed by atoms with van der Waals surface area (Å²) in [6.45, 7) is 9.00. The van der Waals surface area contributed by atoms with Gasteiger partial charge in [-0.1, -0.05) is 78.4 Å². The van der Waals surface area contributed by atoms with Crippen LogP contribution in [0.5, 0.6) is 5.75 Å². The summed E-state index contributed by atoms with van der Waals surface area (Å²) in [5.74, 6) is 1.46. The number of carbonyl (C=O) groups excluding carboxylic acids is 1. The third-order valence-electron chi connectivity index (χ3n) is 6.34. The molecule has 1 N–H and O–H groups in total. The minimum Gasteiger partial charge on any atom is -0.508 e. The monoisotopic (exact) mass is 358 g/mol. The van der Waals surface area contributed by atoms with Gasteiger partial charge in [0, 0.05) is 12.8 Å². The molecule has 0 aliphatic heterocycles. The summed E-state index contributed by atoms with van der Waals surface area (Å²) in [5.41, 5.74) is 2.28. The highest BCUT2D eigenvalue weighted by Gasteiger charge is 2.32. The van der Waals surface area contributed by atoms with Crippen LogP contribution in [0.1, 0.15) is 109 Å². The van der Waals surface area contributed by atoms with Crippen LogP contribution < -0.4 is 0 Å². The zero-order chi connectivity index (χ0) is 19.2. The first kappa shape index (κ1) is 21.0. The Kier molecular flexibility index (Phi) is 7.73. The van der Waals surface area contributed by atoms with E-state index in [1.165, 1.54) is 31.2 Å². The van der Waals surface area contributed by atoms with E-state index in [9.17, 15) is 9.90 Å². The third kappa shape index (κ3) is 5.34. The van der Waals surface area contributed by atoms with Gasteiger partial charge in [0.15, 0.2) is 0 Å². The van der Waals surface area contributed by atoms with E-state index in [-0.39, 0.29) is 11.3 Å². The fourth-order valence-electron chi connectivity index (χ4n) is 4.56. The number of Topliss-reactive ketones (excluding diaryl/α,β-unsaturated/α-hetero) is 1. The number of benzene rings is 1. The van der Waals surface area contributed by atoms with Crippen LogP contribution in [-0.2, 0) is 10.2 Å². The molecule has 2 nitrogen and oxygen atoms in total. The summed E-state index contributed by atoms with van der Waals surface area (Å²) in [6.07, 6.45) is 10.8. The van der Waals surface area contributed by atoms with Gasteiger partial charge in [-0.25, -0.2) is 0 Å². The molecule has 1 aliphatic rings. The van der Waals surface area contributed by atoms with Crippen molar-refractivity contribution in [2.75, 3.05) is 0 Å². The smallest absolute Gasteiger partial charge is 0.133 e. The Bertz CT molecular complexity index is 588. The summed E-state index contributed by atoms with van der Waals surface area (Å²) < 4.78 is 0. The van der Waals surface area contributed by atoms with Gasteiger partial charge in [0.05, 0.1) is 0 Å². The molecular weight excluding hydrogens is 320 g/mol. The Morgan fingerprint density at radius 1 is 1.12 bits per heavy atom. The molecule has 1 aromatic rings. The standard InChI is InChI=1S/C24H38O2/c1-5-7-8-9-15-24(3,4)19-12-14-21(23(26)16-19)22-17-20(25)13-11-18(22)10-6-2/h12,14,16,18,22,26H,5-11,13,15,17H2,1-4H3/t18-,22-/m0/s1. The Morgan fingerprint density at radius 3 is 2.54 bits per heavy atom. The van der Waals surface area contributed by atoms with Crippen LogP contribution in [0.2, 0.25) is 0 Å². The number of ketones is 1. The molecule has 2 atom stereocenters. The molecule has 0 amide bonds. The molecule has 146 valence electrons. The molecule has 0 saturated heterocycles. The van der Waals surface area contributed by atoms with Crippen LogP contribution in [0.25, 0.3) is 0 Å². The molecule has 2 heteroatoms. The first-order chi connectivity index (χ1) is 12.4. The number of rotatable bonds is 9. The van der Waals surface area contributed by atoms with E-state index >= 15 is 0 Å². The van der Waals surface area contributed by atoms with Crippen LogP contribution >= 0.6 is 0 Å². The Morgan fingerprint density at radius 2 is 1.88 bits per heavy atom. The second-order valence-corrected chi connectivity index (χ2v) is 8.90. The highest BCUT2D eigenvalue weighted by atomic mass is 16.3. The highest BCUT2D eigenvalue weighted by Crippen LogP contribution is 2.43. The van der Waals surface area contributed by atoms with Crippen molar-refractivity contribution in [3.05, 3.63) is 29.3 Å². The van der Waals surface area contributed by atoms with Crippen LogP contribution in [0.4, 0.5) is 0 Å². The summed E-state index contributed by atoms with van der Waals surface area (Å²) in [6, 6.07) is 6.26. The van der Waals surface area contributed by atoms with Gasteiger partial charge in [-0.2, -0.15) is 0 Å². The van der Waals surface area contributed by atoms with E-state index in [0.717, 1.165) is 31.2 Å². The maximum absolute atomic E-state index is 12.0. The van der Waals surface area contributed by atoms with Crippen molar-refractivity contribution < 1.29 is 9.90 Å². The van der Waals surface area contributed by atoms with Gasteiger partial charge in [-0.15, -0.1) is 0 Å². The van der Waals surface area contributed by atoms with E-state index < -0.39 is 0 Å². The maximum Gasteiger partial charge on any atom is 0.133 e. The Labute approximate surface area is 160 Å². The number of hydrogen-bond donors (Lipinski definition) is 1. The molecule has 0 aromatic heterocycles. The first-order valence-corrected chi connectivity index (χ1v) is 10.7. The van der Waals surface area contributed by atoms with Gasteiger partial charge >= 0.3 is 0 Å². The van der Waals surface area contributed by atoms with Crippen molar-refractivity contribution >= 4 is 5.78 Å². The predicted molar refractivity (Wildman–Crippen MR) is 110 cm³/mol. The quantitative estimate of drug-likeness (QED) is 0.488. The Balaban J connectivity index is 2.15. The van der Waals surface area contributed by atoms with Crippen molar-refractivity contribution in [1.29, 1.82) is 0 Å². The number of unbranched alkanes of at least 4 members (excludes halogenated alkanes) is 3. The lowest BCUT2D eigenvalue weighted by Crippen LogP contribution is -2.24. The third-order valence-corrected chi connectivity index (χ3v) is 6.34. The molecule has 1 fully saturated rings. The van der Waals surface area contributed by atoms with Gasteiger partial charge in [0.2, 0.25) is 0 Å². The number of phenolic OH excluding ortho intramolecular Hbond substituents is 1. The zero-order valence-corrected chi connectivity index (χ0v) is 17.3. The van der Waals surface area contributed by atoms with Crippen molar-refractivity contribution in [3.8, 4) is 5.75 Å². The molecular formula is C24H38O2. The van der Waals surface area contributed by atoms with E-state index in [0.29, 0.717) is 30.3 Å². The number of carbonyl (C=O) groups is 1. The van der Waals surface area contributed by atoms with Crippen LogP contribution in [0.15, 0.2) is 18.2 Å². The van der Waals surface area contributed by atoms with E-state index in [2.05, 4.69) is 39.8 Å². The van der Waals surface area contributed by atoms with Gasteiger partial charge in [-0.05, 0) is 47.3 Å². The molecule has 0 bridgehead atoms. The topological polar surface area (TPSA) is 37.3 Å². The summed E-state index contributed by atoms with van der Waals surface area (Å²) in [5, 5.41) is 10.8. The summed E-state index contributed by atoms with van der Waals surface area (Å²) >= 11 is 0. The van der Waals surface area contributed by atoms with Gasteiger partial charge in [0.25, 0.3) is 0 Å². The first-order valence-electron chi connectivity index (χ1n) is 10.7. The molecule has 0 radical (unpaired) electrons. The van der Waals surface area contributed by atoms with Crippen LogP contribution in [0, 0.1) is 5.92 Å². The zero-order valence-electron chi connectivity index (χ0n) is 17.3. The molecule has 0 unspecified atom stereocenters. The normalized spacial score (nSPS) is 21.2. The van der Waals surface area contributed by atoms with Crippen molar-refractivity contribution in [2.45, 2.75) is 103 Å². The minimum atomic E-state index is 0.0783. The number of phenols is 1. The second kappa shape index (κ2) is 9.58. The van der Waals surface area contributed by atoms with E-state index in [1.54, 1.807) is 0 Å². The summed E-state index contributed by atoms with van der Waals surface area (Å²) in [4.78, 5) is 12.0. The second-order valence-electron chi connectivity index (χ2n) is 8.90. The predicted octanol–water partition coefficient (Wildman–Crippen LogP) is 6.89. The van der Waals surface area contributed by atoms with Gasteiger partial charge in [-0.3, -0.25) is 4.79 Å². The summed E-state index contributed by atoms with van der Waals surface area (Å²) in [7, 11) is 0. The lowest BCUT2D eigenvalue weighted by molar-refractivity contribution is -0.121. The highest BCUT2D eigenvalue weighted by molar-refractivity contribution is 5.80. The molecule has 26 heavy (non-hydrogen) atoms. The van der Waals surface area contributed by atoms with Crippen molar-refractivity contribution in [1.82, 2.24) is 0 Å². The lowest BCUT2D eigenvalue weighted by Gasteiger charge is -2.32. The van der Waals surface area contributed by atoms with Gasteiger partial charge in [0.1, 0.15) is 11.5 Å². The number of aromatic hydroxyl groups is 1. The van der Waals surface area contributed by atoms with Crippen molar-refractivity contribution in [3.63, 3.8) is 0 Å². The SMILES string of the molecule is CCCCCCC(C)(C)c1ccc([C@H]2CC(=O)CC[C@@H]2CCC)c(O)c1. The van der Waals surface area contributed by atoms with Crippen molar-refractivity contribution in [2.24, 2.45) is 5.92 Å². The van der Waals surface area contributed by atoms with Crippen LogP contribution in [-0.4, -0.2) is 10.9 Å². The molecule has 0 heterocycles. The largest absolute Gasteiger partial charge is 0.508 e. The van der Waals surface area contributed by atoms with Crippen LogP contribution in [0.3, 0.4) is 0 Å². The lowest BCUT2D eigenvalue weighted by atomic mass is 9.72. The molecule has 1 aliphatic carbocycles. The fourth-order valence-corrected chi connectivity index (χ4v) is 4.56. The van der Waals surface area contributed by atoms with E-state index in [1.807, 2.05) is 6.07 Å². The maximum atomic E-state index is 12.0. The molecule has 2 rings (SSSR count). The Hall–Kier alpha value is -1.31. The van der Waals surface area contributed by atoms with Gasteiger partial charge < -0.3 is 5.11 Å². The minimum absolute atomic E-state index is 0.0783. The average Bonchev–Trinajstić information content (AvgIpc) is 2.60. The fraction of sp³-hybridized carbons (Fsp3) is 0.708. The average molecular weight is 359 g/mol.